The first kappa shape index (κ1) is 8.79. The third-order valence-corrected chi connectivity index (χ3v) is 3.63. The second-order valence-electron chi connectivity index (χ2n) is 4.51. The Bertz CT molecular complexity index is 272. The minimum atomic E-state index is 0.0588. The highest BCUT2D eigenvalue weighted by molar-refractivity contribution is 5.94. The lowest BCUT2D eigenvalue weighted by atomic mass is 9.60. The molecule has 0 aromatic rings. The zero-order chi connectivity index (χ0) is 9.47. The number of hydrogen-bond acceptors (Lipinski definition) is 2. The number of hydrogen-bond donors (Lipinski definition) is 1. The molecule has 2 rings (SSSR count). The zero-order valence-electron chi connectivity index (χ0n) is 8.10. The van der Waals surface area contributed by atoms with E-state index >= 15 is 0 Å². The van der Waals surface area contributed by atoms with Gasteiger partial charge in [0.05, 0.1) is 5.76 Å². The Balaban J connectivity index is 2.19. The maximum atomic E-state index is 11.2. The monoisotopic (exact) mass is 180 g/mol. The average Bonchev–Trinajstić information content (AvgIpc) is 2.02. The Labute approximate surface area is 78.6 Å². The molecule has 0 aliphatic heterocycles. The molecule has 0 unspecified atom stereocenters. The number of allylic oxidation sites excluding steroid dienone is 2. The van der Waals surface area contributed by atoms with Crippen molar-refractivity contribution in [2.24, 2.45) is 5.41 Å². The summed E-state index contributed by atoms with van der Waals surface area (Å²) < 4.78 is 0. The number of carbonyl (C=O) groups excluding carboxylic acids is 1. The molecule has 0 atom stereocenters. The second-order valence-corrected chi connectivity index (χ2v) is 4.51. The summed E-state index contributed by atoms with van der Waals surface area (Å²) in [6.07, 6.45) is 6.42. The second kappa shape index (κ2) is 2.86. The number of carbonyl (C=O) groups is 1. The normalized spacial score (nSPS) is 25.9. The van der Waals surface area contributed by atoms with E-state index in [1.54, 1.807) is 6.92 Å². The van der Waals surface area contributed by atoms with Gasteiger partial charge in [0.2, 0.25) is 0 Å². The molecule has 2 aliphatic rings. The van der Waals surface area contributed by atoms with E-state index in [0.29, 0.717) is 16.7 Å². The molecular formula is C11H16O2. The van der Waals surface area contributed by atoms with Crippen molar-refractivity contribution in [2.75, 3.05) is 0 Å². The van der Waals surface area contributed by atoms with Crippen LogP contribution in [0.5, 0.6) is 0 Å². The maximum Gasteiger partial charge on any atom is 0.159 e. The van der Waals surface area contributed by atoms with Gasteiger partial charge in [-0.05, 0) is 38.0 Å². The Kier molecular flexibility index (Phi) is 1.94. The standard InChI is InChI=1S/C11H16O2/c1-8(12)9-7-11(4-2-5-11)6-3-10(9)13/h13H,2-7H2,1H3. The Hall–Kier alpha value is -0.790. The highest BCUT2D eigenvalue weighted by atomic mass is 16.3. The molecule has 1 fully saturated rings. The van der Waals surface area contributed by atoms with Gasteiger partial charge in [-0.3, -0.25) is 4.79 Å². The van der Waals surface area contributed by atoms with E-state index in [1.165, 1.54) is 19.3 Å². The molecule has 2 nitrogen and oxygen atoms in total. The first-order valence-corrected chi connectivity index (χ1v) is 5.05. The van der Waals surface area contributed by atoms with Crippen LogP contribution in [-0.2, 0) is 4.79 Å². The summed E-state index contributed by atoms with van der Waals surface area (Å²) in [5.74, 6) is 0.411. The summed E-state index contributed by atoms with van der Waals surface area (Å²) in [4.78, 5) is 11.2. The lowest BCUT2D eigenvalue weighted by Gasteiger charge is -2.45. The highest BCUT2D eigenvalue weighted by Gasteiger charge is 2.41. The SMILES string of the molecule is CC(=O)C1=C(O)CCC2(CCC2)C1. The van der Waals surface area contributed by atoms with Crippen LogP contribution in [0.15, 0.2) is 11.3 Å². The van der Waals surface area contributed by atoms with Crippen LogP contribution in [0.2, 0.25) is 0 Å². The van der Waals surface area contributed by atoms with Gasteiger partial charge >= 0.3 is 0 Å². The Morgan fingerprint density at radius 2 is 2.08 bits per heavy atom. The van der Waals surface area contributed by atoms with Gasteiger partial charge in [-0.25, -0.2) is 0 Å². The molecule has 72 valence electrons. The molecule has 2 aliphatic carbocycles. The largest absolute Gasteiger partial charge is 0.512 e. The molecule has 13 heavy (non-hydrogen) atoms. The van der Waals surface area contributed by atoms with Crippen LogP contribution in [0.1, 0.15) is 45.4 Å². The summed E-state index contributed by atoms with van der Waals surface area (Å²) >= 11 is 0. The fraction of sp³-hybridized carbons (Fsp3) is 0.727. The number of aliphatic hydroxyl groups is 1. The molecule has 1 spiro atoms. The van der Waals surface area contributed by atoms with Crippen molar-refractivity contribution in [3.05, 3.63) is 11.3 Å². The Morgan fingerprint density at radius 1 is 1.38 bits per heavy atom. The molecule has 0 bridgehead atoms. The van der Waals surface area contributed by atoms with Crippen LogP contribution in [0.4, 0.5) is 0 Å². The van der Waals surface area contributed by atoms with E-state index in [4.69, 9.17) is 0 Å². The van der Waals surface area contributed by atoms with Crippen LogP contribution in [0, 0.1) is 5.41 Å². The summed E-state index contributed by atoms with van der Waals surface area (Å²) in [5.41, 5.74) is 1.10. The summed E-state index contributed by atoms with van der Waals surface area (Å²) in [6, 6.07) is 0. The van der Waals surface area contributed by atoms with Crippen molar-refractivity contribution in [1.82, 2.24) is 0 Å². The van der Waals surface area contributed by atoms with Gasteiger partial charge < -0.3 is 5.11 Å². The van der Waals surface area contributed by atoms with Crippen molar-refractivity contribution in [3.8, 4) is 0 Å². The van der Waals surface area contributed by atoms with E-state index in [1.807, 2.05) is 0 Å². The third kappa shape index (κ3) is 1.38. The molecule has 0 saturated heterocycles. The van der Waals surface area contributed by atoms with E-state index in [-0.39, 0.29) is 5.78 Å². The minimum absolute atomic E-state index is 0.0588. The predicted molar refractivity (Wildman–Crippen MR) is 50.5 cm³/mol. The number of aliphatic hydroxyl groups excluding tert-OH is 1. The van der Waals surface area contributed by atoms with Crippen molar-refractivity contribution < 1.29 is 9.90 Å². The van der Waals surface area contributed by atoms with Crippen LogP contribution >= 0.6 is 0 Å². The van der Waals surface area contributed by atoms with Crippen molar-refractivity contribution >= 4 is 5.78 Å². The number of Topliss-reactive ketones (excluding diaryl/α,β-unsaturated/α-hetero) is 1. The van der Waals surface area contributed by atoms with Crippen LogP contribution < -0.4 is 0 Å². The molecular weight excluding hydrogens is 164 g/mol. The first-order chi connectivity index (χ1) is 6.13. The molecule has 0 radical (unpaired) electrons. The van der Waals surface area contributed by atoms with Gasteiger partial charge in [-0.2, -0.15) is 0 Å². The van der Waals surface area contributed by atoms with Crippen LogP contribution in [0.3, 0.4) is 0 Å². The fourth-order valence-corrected chi connectivity index (χ4v) is 2.53. The number of rotatable bonds is 1. The summed E-state index contributed by atoms with van der Waals surface area (Å²) in [5, 5.41) is 9.55. The lowest BCUT2D eigenvalue weighted by molar-refractivity contribution is -0.114. The molecule has 0 amide bonds. The van der Waals surface area contributed by atoms with Gasteiger partial charge in [0.15, 0.2) is 5.78 Å². The molecule has 2 heteroatoms. The van der Waals surface area contributed by atoms with E-state index in [0.717, 1.165) is 19.3 Å². The quantitative estimate of drug-likeness (QED) is 0.673. The first-order valence-electron chi connectivity index (χ1n) is 5.05. The smallest absolute Gasteiger partial charge is 0.159 e. The van der Waals surface area contributed by atoms with Crippen molar-refractivity contribution in [3.63, 3.8) is 0 Å². The van der Waals surface area contributed by atoms with Crippen molar-refractivity contribution in [2.45, 2.75) is 45.4 Å². The van der Waals surface area contributed by atoms with E-state index in [9.17, 15) is 9.90 Å². The highest BCUT2D eigenvalue weighted by Crippen LogP contribution is 2.52. The van der Waals surface area contributed by atoms with E-state index < -0.39 is 0 Å². The third-order valence-electron chi connectivity index (χ3n) is 3.63. The van der Waals surface area contributed by atoms with E-state index in [2.05, 4.69) is 0 Å². The number of ketones is 1. The van der Waals surface area contributed by atoms with Crippen molar-refractivity contribution in [1.29, 1.82) is 0 Å². The summed E-state index contributed by atoms with van der Waals surface area (Å²) in [6.45, 7) is 1.56. The lowest BCUT2D eigenvalue weighted by Crippen LogP contribution is -2.33. The van der Waals surface area contributed by atoms with Gasteiger partial charge in [0.1, 0.15) is 0 Å². The fourth-order valence-electron chi connectivity index (χ4n) is 2.53. The molecule has 1 saturated carbocycles. The molecule has 1 N–H and O–H groups in total. The maximum absolute atomic E-state index is 11.2. The topological polar surface area (TPSA) is 37.3 Å². The van der Waals surface area contributed by atoms with Gasteiger partial charge in [0.25, 0.3) is 0 Å². The molecule has 0 aromatic heterocycles. The minimum Gasteiger partial charge on any atom is -0.512 e. The summed E-state index contributed by atoms with van der Waals surface area (Å²) in [7, 11) is 0. The van der Waals surface area contributed by atoms with Gasteiger partial charge in [-0.15, -0.1) is 0 Å². The van der Waals surface area contributed by atoms with Gasteiger partial charge in [0, 0.05) is 12.0 Å². The van der Waals surface area contributed by atoms with Crippen LogP contribution in [-0.4, -0.2) is 10.9 Å². The molecule has 0 heterocycles. The van der Waals surface area contributed by atoms with Gasteiger partial charge in [-0.1, -0.05) is 6.42 Å². The Morgan fingerprint density at radius 3 is 2.54 bits per heavy atom. The molecule has 0 aromatic carbocycles. The van der Waals surface area contributed by atoms with Crippen LogP contribution in [0.25, 0.3) is 0 Å². The average molecular weight is 180 g/mol. The predicted octanol–water partition coefficient (Wildman–Crippen LogP) is 2.74. The zero-order valence-corrected chi connectivity index (χ0v) is 8.10.